The molecule has 1 aliphatic carbocycles. The number of aliphatic hydroxyl groups is 1. The molecule has 0 heterocycles. The number of benzene rings is 1. The number of nitro benzene ring substituents is 1. The van der Waals surface area contributed by atoms with Gasteiger partial charge in [-0.15, -0.1) is 0 Å². The summed E-state index contributed by atoms with van der Waals surface area (Å²) in [5.74, 6) is 0. The van der Waals surface area contributed by atoms with E-state index in [1.54, 1.807) is 0 Å². The van der Waals surface area contributed by atoms with Crippen LogP contribution in [0.3, 0.4) is 0 Å². The molecule has 0 unspecified atom stereocenters. The number of hydrogen-bond donors (Lipinski definition) is 1. The van der Waals surface area contributed by atoms with Crippen molar-refractivity contribution in [3.63, 3.8) is 0 Å². The SMILES string of the molecule is O=[N+]([O-])c1cc(C(F)(F)F)c(Cl)cc1N(CCO)C1CC1. The Hall–Kier alpha value is -1.54. The van der Waals surface area contributed by atoms with Gasteiger partial charge in [0.2, 0.25) is 0 Å². The Morgan fingerprint density at radius 3 is 2.48 bits per heavy atom. The number of halogens is 4. The van der Waals surface area contributed by atoms with Crippen LogP contribution >= 0.6 is 11.6 Å². The van der Waals surface area contributed by atoms with Gasteiger partial charge in [0, 0.05) is 18.7 Å². The average molecular weight is 325 g/mol. The molecule has 0 amide bonds. The number of nitrogens with zero attached hydrogens (tertiary/aromatic N) is 2. The molecule has 1 aromatic rings. The van der Waals surface area contributed by atoms with Crippen molar-refractivity contribution in [1.82, 2.24) is 0 Å². The normalized spacial score (nSPS) is 15.1. The van der Waals surface area contributed by atoms with Gasteiger partial charge in [-0.05, 0) is 18.9 Å². The summed E-state index contributed by atoms with van der Waals surface area (Å²) in [5, 5.41) is 19.5. The van der Waals surface area contributed by atoms with Crippen molar-refractivity contribution >= 4 is 23.0 Å². The number of hydrogen-bond acceptors (Lipinski definition) is 4. The van der Waals surface area contributed by atoms with Crippen LogP contribution in [0.2, 0.25) is 5.02 Å². The van der Waals surface area contributed by atoms with E-state index in [1.165, 1.54) is 4.90 Å². The first-order valence-corrected chi connectivity index (χ1v) is 6.56. The first kappa shape index (κ1) is 15.8. The first-order chi connectivity index (χ1) is 9.75. The summed E-state index contributed by atoms with van der Waals surface area (Å²) in [4.78, 5) is 11.7. The van der Waals surface area contributed by atoms with Crippen LogP contribution in [0.5, 0.6) is 0 Å². The Morgan fingerprint density at radius 1 is 1.43 bits per heavy atom. The molecule has 1 fully saturated rings. The van der Waals surface area contributed by atoms with Crippen LogP contribution in [-0.2, 0) is 6.18 Å². The van der Waals surface area contributed by atoms with E-state index in [0.29, 0.717) is 6.07 Å². The van der Waals surface area contributed by atoms with Gasteiger partial charge in [-0.1, -0.05) is 11.6 Å². The third-order valence-corrected chi connectivity index (χ3v) is 3.52. The number of aliphatic hydroxyl groups excluding tert-OH is 1. The molecule has 0 saturated heterocycles. The molecule has 0 atom stereocenters. The van der Waals surface area contributed by atoms with Crippen molar-refractivity contribution < 1.29 is 23.2 Å². The lowest BCUT2D eigenvalue weighted by molar-refractivity contribution is -0.384. The maximum Gasteiger partial charge on any atom is 0.418 e. The van der Waals surface area contributed by atoms with Gasteiger partial charge in [-0.3, -0.25) is 10.1 Å². The predicted molar refractivity (Wildman–Crippen MR) is 70.6 cm³/mol. The van der Waals surface area contributed by atoms with Gasteiger partial charge in [0.15, 0.2) is 0 Å². The van der Waals surface area contributed by atoms with Crippen molar-refractivity contribution in [1.29, 1.82) is 0 Å². The van der Waals surface area contributed by atoms with Gasteiger partial charge in [0.25, 0.3) is 5.69 Å². The smallest absolute Gasteiger partial charge is 0.395 e. The van der Waals surface area contributed by atoms with Crippen molar-refractivity contribution in [3.8, 4) is 0 Å². The summed E-state index contributed by atoms with van der Waals surface area (Å²) in [5.41, 5.74) is -1.89. The highest BCUT2D eigenvalue weighted by Crippen LogP contribution is 2.43. The molecule has 21 heavy (non-hydrogen) atoms. The lowest BCUT2D eigenvalue weighted by atomic mass is 10.1. The molecule has 0 radical (unpaired) electrons. The molecule has 0 spiro atoms. The van der Waals surface area contributed by atoms with Gasteiger partial charge in [-0.25, -0.2) is 0 Å². The van der Waals surface area contributed by atoms with Crippen molar-refractivity contribution in [2.24, 2.45) is 0 Å². The van der Waals surface area contributed by atoms with E-state index >= 15 is 0 Å². The Bertz CT molecular complexity index is 561. The second-order valence-corrected chi connectivity index (χ2v) is 5.13. The lowest BCUT2D eigenvalue weighted by Gasteiger charge is -2.24. The molecule has 2 rings (SSSR count). The average Bonchev–Trinajstić information content (AvgIpc) is 3.17. The molecule has 1 aliphatic rings. The third-order valence-electron chi connectivity index (χ3n) is 3.20. The summed E-state index contributed by atoms with van der Waals surface area (Å²) in [7, 11) is 0. The van der Waals surface area contributed by atoms with Gasteiger partial charge in [0.05, 0.1) is 22.1 Å². The van der Waals surface area contributed by atoms with E-state index in [-0.39, 0.29) is 24.9 Å². The van der Waals surface area contributed by atoms with Crippen molar-refractivity contribution in [2.75, 3.05) is 18.1 Å². The lowest BCUT2D eigenvalue weighted by Crippen LogP contribution is -2.29. The van der Waals surface area contributed by atoms with Gasteiger partial charge < -0.3 is 10.0 Å². The predicted octanol–water partition coefficient (Wildman–Crippen LogP) is 3.23. The highest BCUT2D eigenvalue weighted by Gasteiger charge is 2.38. The quantitative estimate of drug-likeness (QED) is 0.667. The molecule has 5 nitrogen and oxygen atoms in total. The van der Waals surface area contributed by atoms with Crippen LogP contribution in [0, 0.1) is 10.1 Å². The summed E-state index contributed by atoms with van der Waals surface area (Å²) in [6.07, 6.45) is -3.21. The van der Waals surface area contributed by atoms with Crippen LogP contribution in [-0.4, -0.2) is 29.2 Å². The largest absolute Gasteiger partial charge is 0.418 e. The zero-order valence-electron chi connectivity index (χ0n) is 10.7. The Morgan fingerprint density at radius 2 is 2.05 bits per heavy atom. The van der Waals surface area contributed by atoms with Crippen molar-refractivity contribution in [3.05, 3.63) is 32.8 Å². The highest BCUT2D eigenvalue weighted by atomic mass is 35.5. The van der Waals surface area contributed by atoms with E-state index in [1.807, 2.05) is 0 Å². The Labute approximate surface area is 123 Å². The molecule has 1 aromatic carbocycles. The zero-order valence-corrected chi connectivity index (χ0v) is 11.5. The summed E-state index contributed by atoms with van der Waals surface area (Å²) < 4.78 is 38.3. The maximum absolute atomic E-state index is 12.8. The summed E-state index contributed by atoms with van der Waals surface area (Å²) >= 11 is 5.63. The second kappa shape index (κ2) is 5.69. The minimum Gasteiger partial charge on any atom is -0.395 e. The number of alkyl halides is 3. The van der Waals surface area contributed by atoms with E-state index < -0.39 is 27.4 Å². The van der Waals surface area contributed by atoms with Gasteiger partial charge in [0.1, 0.15) is 5.69 Å². The molecular weight excluding hydrogens is 313 g/mol. The van der Waals surface area contributed by atoms with Crippen molar-refractivity contribution in [2.45, 2.75) is 25.1 Å². The van der Waals surface area contributed by atoms with Crippen LogP contribution < -0.4 is 4.90 Å². The molecule has 1 saturated carbocycles. The fourth-order valence-electron chi connectivity index (χ4n) is 2.14. The fraction of sp³-hybridized carbons (Fsp3) is 0.500. The molecule has 1 N–H and O–H groups in total. The zero-order chi connectivity index (χ0) is 15.8. The Kier molecular flexibility index (Phi) is 4.29. The van der Waals surface area contributed by atoms with E-state index in [9.17, 15) is 23.3 Å². The first-order valence-electron chi connectivity index (χ1n) is 6.18. The van der Waals surface area contributed by atoms with E-state index in [4.69, 9.17) is 16.7 Å². The van der Waals surface area contributed by atoms with Crippen LogP contribution in [0.15, 0.2) is 12.1 Å². The maximum atomic E-state index is 12.8. The van der Waals surface area contributed by atoms with Crippen LogP contribution in [0.4, 0.5) is 24.5 Å². The molecule has 116 valence electrons. The fourth-order valence-corrected chi connectivity index (χ4v) is 2.40. The van der Waals surface area contributed by atoms with Crippen LogP contribution in [0.25, 0.3) is 0 Å². The summed E-state index contributed by atoms with van der Waals surface area (Å²) in [6.45, 7) is -0.153. The van der Waals surface area contributed by atoms with E-state index in [2.05, 4.69) is 0 Å². The third kappa shape index (κ3) is 3.38. The molecule has 0 bridgehead atoms. The minimum absolute atomic E-state index is 0.00884. The number of anilines is 1. The van der Waals surface area contributed by atoms with Gasteiger partial charge in [-0.2, -0.15) is 13.2 Å². The van der Waals surface area contributed by atoms with Crippen LogP contribution in [0.1, 0.15) is 18.4 Å². The second-order valence-electron chi connectivity index (χ2n) is 4.72. The minimum atomic E-state index is -4.76. The molecule has 0 aliphatic heterocycles. The molecular formula is C12H12ClF3N2O3. The number of rotatable bonds is 5. The Balaban J connectivity index is 2.54. The molecule has 0 aromatic heterocycles. The van der Waals surface area contributed by atoms with E-state index in [0.717, 1.165) is 18.9 Å². The monoisotopic (exact) mass is 324 g/mol. The highest BCUT2D eigenvalue weighted by molar-refractivity contribution is 6.31. The topological polar surface area (TPSA) is 66.6 Å². The standard InChI is InChI=1S/C12H12ClF3N2O3/c13-9-6-10(17(3-4-19)7-1-2-7)11(18(20)21)5-8(9)12(14,15)16/h5-7,19H,1-4H2. The summed E-state index contributed by atoms with van der Waals surface area (Å²) in [6, 6.07) is 1.39. The molecule has 9 heteroatoms. The number of nitro groups is 1. The van der Waals surface area contributed by atoms with Gasteiger partial charge >= 0.3 is 6.18 Å².